The summed E-state index contributed by atoms with van der Waals surface area (Å²) < 4.78 is 2.08. The van der Waals surface area contributed by atoms with Crippen molar-refractivity contribution in [2.45, 2.75) is 66.3 Å². The number of hydrogen-bond acceptors (Lipinski definition) is 2. The fourth-order valence-corrected chi connectivity index (χ4v) is 3.73. The van der Waals surface area contributed by atoms with E-state index >= 15 is 0 Å². The number of aryl methyl sites for hydroxylation is 3. The van der Waals surface area contributed by atoms with Crippen molar-refractivity contribution in [3.63, 3.8) is 0 Å². The SMILES string of the molecule is Cc1nn(CC(C)C)c(C)c1CCC(=O)Nc1ccc2c(c1)CCC2. The average molecular weight is 339 g/mol. The summed E-state index contributed by atoms with van der Waals surface area (Å²) in [6.45, 7) is 9.46. The molecule has 0 unspecified atom stereocenters. The van der Waals surface area contributed by atoms with Crippen molar-refractivity contribution >= 4 is 11.6 Å². The highest BCUT2D eigenvalue weighted by Crippen LogP contribution is 2.25. The summed E-state index contributed by atoms with van der Waals surface area (Å²) in [6, 6.07) is 6.32. The number of aromatic nitrogens is 2. The monoisotopic (exact) mass is 339 g/mol. The third kappa shape index (κ3) is 4.12. The highest BCUT2D eigenvalue weighted by atomic mass is 16.1. The van der Waals surface area contributed by atoms with Gasteiger partial charge in [-0.2, -0.15) is 5.10 Å². The first-order valence-electron chi connectivity index (χ1n) is 9.38. The van der Waals surface area contributed by atoms with E-state index in [-0.39, 0.29) is 5.91 Å². The summed E-state index contributed by atoms with van der Waals surface area (Å²) in [5.74, 6) is 0.641. The van der Waals surface area contributed by atoms with Gasteiger partial charge in [0.15, 0.2) is 0 Å². The molecule has 0 bridgehead atoms. The molecule has 0 spiro atoms. The van der Waals surface area contributed by atoms with Crippen LogP contribution in [-0.2, 0) is 30.6 Å². The van der Waals surface area contributed by atoms with Gasteiger partial charge in [-0.1, -0.05) is 19.9 Å². The largest absolute Gasteiger partial charge is 0.326 e. The molecular formula is C21H29N3O. The van der Waals surface area contributed by atoms with E-state index < -0.39 is 0 Å². The van der Waals surface area contributed by atoms with Crippen molar-refractivity contribution in [3.8, 4) is 0 Å². The summed E-state index contributed by atoms with van der Waals surface area (Å²) >= 11 is 0. The fourth-order valence-electron chi connectivity index (χ4n) is 3.73. The summed E-state index contributed by atoms with van der Waals surface area (Å²) in [5, 5.41) is 7.69. The Kier molecular flexibility index (Phi) is 5.26. The van der Waals surface area contributed by atoms with E-state index in [4.69, 9.17) is 0 Å². The van der Waals surface area contributed by atoms with Crippen molar-refractivity contribution in [1.82, 2.24) is 9.78 Å². The van der Waals surface area contributed by atoms with E-state index in [1.165, 1.54) is 35.2 Å². The molecule has 0 saturated carbocycles. The Bertz CT molecular complexity index is 774. The van der Waals surface area contributed by atoms with E-state index in [1.807, 2.05) is 13.0 Å². The summed E-state index contributed by atoms with van der Waals surface area (Å²) in [5.41, 5.74) is 7.20. The highest BCUT2D eigenvalue weighted by Gasteiger charge is 2.15. The van der Waals surface area contributed by atoms with Crippen LogP contribution in [0.4, 0.5) is 5.69 Å². The molecule has 1 aromatic carbocycles. The van der Waals surface area contributed by atoms with Crippen molar-refractivity contribution in [2.24, 2.45) is 5.92 Å². The summed E-state index contributed by atoms with van der Waals surface area (Å²) in [6.07, 6.45) is 4.76. The normalized spacial score (nSPS) is 13.3. The summed E-state index contributed by atoms with van der Waals surface area (Å²) in [7, 11) is 0. The maximum atomic E-state index is 12.4. The van der Waals surface area contributed by atoms with Gasteiger partial charge in [0.2, 0.25) is 5.91 Å². The first-order chi connectivity index (χ1) is 11.9. The summed E-state index contributed by atoms with van der Waals surface area (Å²) in [4.78, 5) is 12.4. The van der Waals surface area contributed by atoms with Gasteiger partial charge >= 0.3 is 0 Å². The van der Waals surface area contributed by atoms with Crippen LogP contribution in [0.15, 0.2) is 18.2 Å². The number of nitrogens with zero attached hydrogens (tertiary/aromatic N) is 2. The second-order valence-electron chi connectivity index (χ2n) is 7.61. The molecule has 0 fully saturated rings. The van der Waals surface area contributed by atoms with Crippen molar-refractivity contribution in [1.29, 1.82) is 0 Å². The molecule has 0 saturated heterocycles. The standard InChI is InChI=1S/C21H29N3O/c1-14(2)13-24-16(4)20(15(3)23-24)10-11-21(25)22-19-9-8-17-6-5-7-18(17)12-19/h8-9,12,14H,5-7,10-11,13H2,1-4H3,(H,22,25). The second kappa shape index (κ2) is 7.42. The van der Waals surface area contributed by atoms with Gasteiger partial charge in [-0.15, -0.1) is 0 Å². The Labute approximate surface area is 150 Å². The highest BCUT2D eigenvalue weighted by molar-refractivity contribution is 5.91. The predicted molar refractivity (Wildman–Crippen MR) is 102 cm³/mol. The lowest BCUT2D eigenvalue weighted by Gasteiger charge is -2.09. The molecule has 4 heteroatoms. The minimum absolute atomic E-state index is 0.0772. The van der Waals surface area contributed by atoms with Gasteiger partial charge in [0.05, 0.1) is 5.69 Å². The zero-order chi connectivity index (χ0) is 18.0. The molecule has 1 aliphatic carbocycles. The van der Waals surface area contributed by atoms with Gasteiger partial charge < -0.3 is 5.32 Å². The molecule has 1 amide bonds. The van der Waals surface area contributed by atoms with Gasteiger partial charge in [-0.3, -0.25) is 9.48 Å². The number of amides is 1. The van der Waals surface area contributed by atoms with Crippen molar-refractivity contribution in [3.05, 3.63) is 46.3 Å². The molecule has 1 aliphatic rings. The maximum absolute atomic E-state index is 12.4. The van der Waals surface area contributed by atoms with E-state index in [2.05, 4.69) is 48.0 Å². The molecule has 0 aliphatic heterocycles. The molecule has 0 atom stereocenters. The van der Waals surface area contributed by atoms with Crippen LogP contribution in [0.1, 0.15) is 54.8 Å². The van der Waals surface area contributed by atoms with Crippen molar-refractivity contribution in [2.75, 3.05) is 5.32 Å². The van der Waals surface area contributed by atoms with Gasteiger partial charge in [-0.05, 0) is 74.3 Å². The predicted octanol–water partition coefficient (Wildman–Crippen LogP) is 4.22. The van der Waals surface area contributed by atoms with Crippen LogP contribution in [-0.4, -0.2) is 15.7 Å². The number of hydrogen-bond donors (Lipinski definition) is 1. The number of nitrogens with one attached hydrogen (secondary N) is 1. The van der Waals surface area contributed by atoms with Crippen LogP contribution in [0.2, 0.25) is 0 Å². The number of fused-ring (bicyclic) bond motifs is 1. The maximum Gasteiger partial charge on any atom is 0.224 e. The van der Waals surface area contributed by atoms with Crippen LogP contribution in [0.25, 0.3) is 0 Å². The molecule has 2 aromatic rings. The Morgan fingerprint density at radius 3 is 2.76 bits per heavy atom. The number of anilines is 1. The average Bonchev–Trinajstić information content (AvgIpc) is 3.10. The third-order valence-corrected chi connectivity index (χ3v) is 5.05. The smallest absolute Gasteiger partial charge is 0.224 e. The van der Waals surface area contributed by atoms with E-state index in [0.717, 1.165) is 30.8 Å². The minimum atomic E-state index is 0.0772. The lowest BCUT2D eigenvalue weighted by molar-refractivity contribution is -0.116. The number of benzene rings is 1. The Morgan fingerprint density at radius 2 is 2.00 bits per heavy atom. The van der Waals surface area contributed by atoms with Crippen molar-refractivity contribution < 1.29 is 4.79 Å². The molecule has 1 aromatic heterocycles. The quantitative estimate of drug-likeness (QED) is 0.857. The lowest BCUT2D eigenvalue weighted by Crippen LogP contribution is -2.13. The molecule has 25 heavy (non-hydrogen) atoms. The molecule has 134 valence electrons. The molecule has 3 rings (SSSR count). The number of rotatable bonds is 6. The molecule has 1 N–H and O–H groups in total. The first kappa shape index (κ1) is 17.7. The lowest BCUT2D eigenvalue weighted by atomic mass is 10.1. The molecular weight excluding hydrogens is 310 g/mol. The van der Waals surface area contributed by atoms with E-state index in [0.29, 0.717) is 12.3 Å². The van der Waals surface area contributed by atoms with Crippen LogP contribution >= 0.6 is 0 Å². The third-order valence-electron chi connectivity index (χ3n) is 5.05. The zero-order valence-corrected chi connectivity index (χ0v) is 15.9. The number of carbonyl (C=O) groups is 1. The van der Waals surface area contributed by atoms with Gasteiger partial charge in [0.25, 0.3) is 0 Å². The second-order valence-corrected chi connectivity index (χ2v) is 7.61. The van der Waals surface area contributed by atoms with Gasteiger partial charge in [0, 0.05) is 24.3 Å². The Morgan fingerprint density at radius 1 is 1.24 bits per heavy atom. The van der Waals surface area contributed by atoms with E-state index in [9.17, 15) is 4.79 Å². The topological polar surface area (TPSA) is 46.9 Å². The molecule has 0 radical (unpaired) electrons. The van der Waals surface area contributed by atoms with Crippen LogP contribution < -0.4 is 5.32 Å². The first-order valence-corrected chi connectivity index (χ1v) is 9.38. The van der Waals surface area contributed by atoms with E-state index in [1.54, 1.807) is 0 Å². The van der Waals surface area contributed by atoms with Crippen LogP contribution in [0, 0.1) is 19.8 Å². The van der Waals surface area contributed by atoms with Crippen LogP contribution in [0.3, 0.4) is 0 Å². The zero-order valence-electron chi connectivity index (χ0n) is 15.9. The van der Waals surface area contributed by atoms with Gasteiger partial charge in [-0.25, -0.2) is 0 Å². The number of carbonyl (C=O) groups excluding carboxylic acids is 1. The molecule has 1 heterocycles. The Balaban J connectivity index is 1.60. The fraction of sp³-hybridized carbons (Fsp3) is 0.524. The van der Waals surface area contributed by atoms with Gasteiger partial charge in [0.1, 0.15) is 0 Å². The van der Waals surface area contributed by atoms with Crippen LogP contribution in [0.5, 0.6) is 0 Å². The minimum Gasteiger partial charge on any atom is -0.326 e. The molecule has 4 nitrogen and oxygen atoms in total. The Hall–Kier alpha value is -2.10.